The number of rotatable bonds is 6. The first-order valence-electron chi connectivity index (χ1n) is 14.1. The van der Waals surface area contributed by atoms with Crippen molar-refractivity contribution in [3.8, 4) is 0 Å². The lowest BCUT2D eigenvalue weighted by Gasteiger charge is -2.39. The molecule has 0 bridgehead atoms. The first-order valence-corrected chi connectivity index (χ1v) is 14.1. The van der Waals surface area contributed by atoms with Crippen molar-refractivity contribution < 1.29 is 18.4 Å². The highest BCUT2D eigenvalue weighted by Crippen LogP contribution is 2.39. The molecule has 36 heavy (non-hydrogen) atoms. The molecule has 3 saturated heterocycles. The first-order chi connectivity index (χ1) is 17.3. The van der Waals surface area contributed by atoms with Crippen molar-refractivity contribution in [1.82, 2.24) is 25.3 Å². The second kappa shape index (κ2) is 11.2. The minimum Gasteiger partial charge on any atom is -0.369 e. The number of nitrogens with two attached hydrogens (primary N) is 1. The smallest absolute Gasteiger partial charge is 0.237 e. The van der Waals surface area contributed by atoms with Crippen molar-refractivity contribution in [3.05, 3.63) is 0 Å². The van der Waals surface area contributed by atoms with Gasteiger partial charge in [0.05, 0.1) is 12.6 Å². The molecule has 10 heteroatoms. The normalized spacial score (nSPS) is 42.8. The number of carbonyl (C=O) groups is 2. The van der Waals surface area contributed by atoms with E-state index in [2.05, 4.69) is 32.3 Å². The van der Waals surface area contributed by atoms with Crippen LogP contribution in [-0.4, -0.2) is 115 Å². The van der Waals surface area contributed by atoms with Crippen molar-refractivity contribution in [2.75, 3.05) is 45.8 Å². The molecule has 0 aromatic rings. The summed E-state index contributed by atoms with van der Waals surface area (Å²) >= 11 is 0. The Bertz CT molecular complexity index is 778. The van der Waals surface area contributed by atoms with Gasteiger partial charge in [0.1, 0.15) is 12.3 Å². The third kappa shape index (κ3) is 5.87. The average molecular weight is 511 g/mol. The Kier molecular flexibility index (Phi) is 8.15. The molecule has 5 aliphatic rings. The number of carbonyl (C=O) groups excluding carboxylic acids is 2. The van der Waals surface area contributed by atoms with Crippen molar-refractivity contribution in [1.29, 1.82) is 0 Å². The van der Waals surface area contributed by atoms with Crippen LogP contribution in [0, 0.1) is 11.8 Å². The lowest BCUT2D eigenvalue weighted by molar-refractivity contribution is -0.124. The van der Waals surface area contributed by atoms with Crippen LogP contribution in [0.25, 0.3) is 0 Å². The van der Waals surface area contributed by atoms with Gasteiger partial charge in [-0.3, -0.25) is 24.3 Å². The van der Waals surface area contributed by atoms with Crippen LogP contribution in [0.2, 0.25) is 0 Å². The number of alkyl halides is 2. The predicted molar refractivity (Wildman–Crippen MR) is 134 cm³/mol. The largest absolute Gasteiger partial charge is 0.369 e. The highest BCUT2D eigenvalue weighted by Gasteiger charge is 2.47. The van der Waals surface area contributed by atoms with E-state index in [1.54, 1.807) is 0 Å². The lowest BCUT2D eigenvalue weighted by Crippen LogP contribution is -2.54. The number of halogens is 2. The molecule has 3 heterocycles. The molecule has 8 unspecified atom stereocenters. The van der Waals surface area contributed by atoms with Gasteiger partial charge < -0.3 is 16.4 Å². The average Bonchev–Trinajstić information content (AvgIpc) is 3.50. The van der Waals surface area contributed by atoms with Crippen LogP contribution in [0.5, 0.6) is 0 Å². The zero-order chi connectivity index (χ0) is 25.4. The van der Waals surface area contributed by atoms with E-state index in [0.29, 0.717) is 44.2 Å². The Morgan fingerprint density at radius 1 is 0.944 bits per heavy atom. The second-order valence-corrected chi connectivity index (χ2v) is 12.1. The third-order valence-corrected chi connectivity index (χ3v) is 9.64. The SMILES string of the molecule is CC1CCC(F)C2CC(C(=O)NC3CC(F)CC(N4CC[C@H](N5CCN(CC(N)=O)CC5)C4)C3)NC12. The van der Waals surface area contributed by atoms with Crippen LogP contribution >= 0.6 is 0 Å². The van der Waals surface area contributed by atoms with E-state index in [1.165, 1.54) is 0 Å². The van der Waals surface area contributed by atoms with Gasteiger partial charge in [-0.05, 0) is 50.9 Å². The van der Waals surface area contributed by atoms with Gasteiger partial charge in [-0.1, -0.05) is 6.92 Å². The maximum atomic E-state index is 14.8. The van der Waals surface area contributed by atoms with E-state index in [9.17, 15) is 18.4 Å². The van der Waals surface area contributed by atoms with Gasteiger partial charge in [-0.15, -0.1) is 0 Å². The van der Waals surface area contributed by atoms with Crippen LogP contribution in [-0.2, 0) is 9.59 Å². The standard InChI is InChI=1S/C26H44F2N6O2/c1-16-2-3-22(28)21-13-23(31-25(16)21)26(36)30-18-10-17(27)11-20(12-18)34-5-4-19(14-34)33-8-6-32(7-9-33)15-24(29)35/h16-23,25,31H,2-15H2,1H3,(H2,29,35)(H,30,36)/t16?,17?,18?,19-,20?,21?,22?,23?,25?/m0/s1. The zero-order valence-corrected chi connectivity index (χ0v) is 21.6. The molecule has 2 saturated carbocycles. The first kappa shape index (κ1) is 26.3. The predicted octanol–water partition coefficient (Wildman–Crippen LogP) is 0.654. The van der Waals surface area contributed by atoms with E-state index in [-0.39, 0.29) is 41.9 Å². The summed E-state index contributed by atoms with van der Waals surface area (Å²) in [6, 6.07) is 0.106. The molecule has 2 amide bonds. The maximum absolute atomic E-state index is 14.8. The number of hydrogen-bond acceptors (Lipinski definition) is 6. The number of amides is 2. The Morgan fingerprint density at radius 2 is 1.72 bits per heavy atom. The van der Waals surface area contributed by atoms with Gasteiger partial charge in [-0.25, -0.2) is 8.78 Å². The molecule has 5 rings (SSSR count). The molecule has 0 aromatic heterocycles. The van der Waals surface area contributed by atoms with Crippen LogP contribution in [0.3, 0.4) is 0 Å². The van der Waals surface area contributed by atoms with E-state index in [0.717, 1.165) is 58.5 Å². The number of piperazine rings is 1. The number of fused-ring (bicyclic) bond motifs is 1. The van der Waals surface area contributed by atoms with Crippen molar-refractivity contribution in [3.63, 3.8) is 0 Å². The number of nitrogens with one attached hydrogen (secondary N) is 2. The van der Waals surface area contributed by atoms with Crippen LogP contribution < -0.4 is 16.4 Å². The molecule has 5 fully saturated rings. The summed E-state index contributed by atoms with van der Waals surface area (Å²) in [7, 11) is 0. The Labute approximate surface area is 213 Å². The summed E-state index contributed by atoms with van der Waals surface area (Å²) in [6.07, 6.45) is 2.97. The molecule has 9 atom stereocenters. The van der Waals surface area contributed by atoms with Crippen molar-refractivity contribution in [2.24, 2.45) is 17.6 Å². The molecule has 4 N–H and O–H groups in total. The number of likely N-dealkylation sites (tertiary alicyclic amines) is 1. The minimum absolute atomic E-state index is 0.0664. The molecule has 0 spiro atoms. The second-order valence-electron chi connectivity index (χ2n) is 12.1. The summed E-state index contributed by atoms with van der Waals surface area (Å²) in [5, 5.41) is 6.54. The summed E-state index contributed by atoms with van der Waals surface area (Å²) < 4.78 is 29.3. The van der Waals surface area contributed by atoms with Gasteiger partial charge in [0.15, 0.2) is 0 Å². The van der Waals surface area contributed by atoms with Crippen molar-refractivity contribution >= 4 is 11.8 Å². The van der Waals surface area contributed by atoms with Gasteiger partial charge in [0.2, 0.25) is 11.8 Å². The molecular formula is C26H44F2N6O2. The van der Waals surface area contributed by atoms with Gasteiger partial charge in [0, 0.05) is 69.4 Å². The Hall–Kier alpha value is -1.36. The topological polar surface area (TPSA) is 93.9 Å². The Balaban J connectivity index is 1.10. The molecule has 0 radical (unpaired) electrons. The van der Waals surface area contributed by atoms with Crippen LogP contribution in [0.15, 0.2) is 0 Å². The summed E-state index contributed by atoms with van der Waals surface area (Å²) in [5.41, 5.74) is 5.33. The summed E-state index contributed by atoms with van der Waals surface area (Å²) in [4.78, 5) is 31.3. The highest BCUT2D eigenvalue weighted by molar-refractivity contribution is 5.82. The monoisotopic (exact) mass is 510 g/mol. The van der Waals surface area contributed by atoms with Crippen molar-refractivity contribution in [2.45, 2.75) is 94.4 Å². The fraction of sp³-hybridized carbons (Fsp3) is 0.923. The Morgan fingerprint density at radius 3 is 2.44 bits per heavy atom. The van der Waals surface area contributed by atoms with Gasteiger partial charge >= 0.3 is 0 Å². The lowest BCUT2D eigenvalue weighted by atomic mass is 9.77. The maximum Gasteiger partial charge on any atom is 0.237 e. The fourth-order valence-electron chi connectivity index (χ4n) is 7.64. The van der Waals surface area contributed by atoms with E-state index < -0.39 is 12.3 Å². The van der Waals surface area contributed by atoms with Crippen LogP contribution in [0.1, 0.15) is 51.9 Å². The zero-order valence-electron chi connectivity index (χ0n) is 21.6. The number of nitrogens with zero attached hydrogens (tertiary/aromatic N) is 3. The molecular weight excluding hydrogens is 466 g/mol. The third-order valence-electron chi connectivity index (χ3n) is 9.64. The highest BCUT2D eigenvalue weighted by atomic mass is 19.1. The quantitative estimate of drug-likeness (QED) is 0.486. The van der Waals surface area contributed by atoms with E-state index in [1.807, 2.05) is 0 Å². The fourth-order valence-corrected chi connectivity index (χ4v) is 7.64. The summed E-state index contributed by atoms with van der Waals surface area (Å²) in [5.74, 6) is -0.0757. The number of hydrogen-bond donors (Lipinski definition) is 3. The molecule has 204 valence electrons. The van der Waals surface area contributed by atoms with E-state index >= 15 is 0 Å². The van der Waals surface area contributed by atoms with E-state index in [4.69, 9.17) is 5.73 Å². The molecule has 8 nitrogen and oxygen atoms in total. The minimum atomic E-state index is -0.917. The molecule has 0 aromatic carbocycles. The summed E-state index contributed by atoms with van der Waals surface area (Å²) in [6.45, 7) is 7.89. The van der Waals surface area contributed by atoms with Gasteiger partial charge in [0.25, 0.3) is 0 Å². The number of primary amides is 1. The van der Waals surface area contributed by atoms with Crippen LogP contribution in [0.4, 0.5) is 8.78 Å². The molecule has 3 aliphatic heterocycles. The molecule has 2 aliphatic carbocycles. The van der Waals surface area contributed by atoms with Gasteiger partial charge in [-0.2, -0.15) is 0 Å².